The van der Waals surface area contributed by atoms with E-state index in [1.54, 1.807) is 6.92 Å². The molecule has 1 heteroatoms. The number of carbonyl (C=O) groups is 1. The van der Waals surface area contributed by atoms with Crippen LogP contribution in [0.5, 0.6) is 0 Å². The second-order valence-corrected chi connectivity index (χ2v) is 4.73. The summed E-state index contributed by atoms with van der Waals surface area (Å²) in [6.45, 7) is 8.14. The third-order valence-corrected chi connectivity index (χ3v) is 3.77. The lowest BCUT2D eigenvalue weighted by Crippen LogP contribution is -2.23. The van der Waals surface area contributed by atoms with Crippen molar-refractivity contribution in [2.45, 2.75) is 40.5 Å². The lowest BCUT2D eigenvalue weighted by atomic mass is 9.78. The Bertz CT molecular complexity index is 286. The summed E-state index contributed by atoms with van der Waals surface area (Å²) in [4.78, 5) is 11.3. The molecule has 0 saturated carbocycles. The maximum absolute atomic E-state index is 11.3. The molecule has 15 heavy (non-hydrogen) atoms. The number of rotatable bonds is 4. The van der Waals surface area contributed by atoms with Crippen LogP contribution in [-0.4, -0.2) is 5.78 Å². The molecule has 0 fully saturated rings. The molecule has 0 amide bonds. The number of hydrogen-bond donors (Lipinski definition) is 0. The predicted molar refractivity (Wildman–Crippen MR) is 64.6 cm³/mol. The zero-order chi connectivity index (χ0) is 11.4. The molecule has 0 saturated heterocycles. The number of hydrogen-bond acceptors (Lipinski definition) is 1. The summed E-state index contributed by atoms with van der Waals surface area (Å²) in [5.74, 6) is 1.38. The lowest BCUT2D eigenvalue weighted by Gasteiger charge is -2.26. The van der Waals surface area contributed by atoms with Crippen molar-refractivity contribution in [1.29, 1.82) is 0 Å². The van der Waals surface area contributed by atoms with Crippen molar-refractivity contribution in [2.75, 3.05) is 0 Å². The summed E-state index contributed by atoms with van der Waals surface area (Å²) in [5.41, 5.74) is 1.40. The van der Waals surface area contributed by atoms with Crippen LogP contribution in [0.4, 0.5) is 0 Å². The van der Waals surface area contributed by atoms with E-state index in [1.165, 1.54) is 5.57 Å². The van der Waals surface area contributed by atoms with Gasteiger partial charge < -0.3 is 0 Å². The fourth-order valence-electron chi connectivity index (χ4n) is 2.08. The molecule has 1 aliphatic carbocycles. The van der Waals surface area contributed by atoms with Crippen LogP contribution in [0.15, 0.2) is 23.8 Å². The molecule has 1 rings (SSSR count). The highest BCUT2D eigenvalue weighted by Crippen LogP contribution is 2.29. The Morgan fingerprint density at radius 2 is 1.93 bits per heavy atom. The lowest BCUT2D eigenvalue weighted by molar-refractivity contribution is -0.121. The van der Waals surface area contributed by atoms with Gasteiger partial charge in [0.2, 0.25) is 0 Å². The summed E-state index contributed by atoms with van der Waals surface area (Å²) in [5, 5.41) is 0. The molecule has 0 aromatic heterocycles. The Labute approximate surface area is 93.3 Å². The minimum Gasteiger partial charge on any atom is -0.300 e. The van der Waals surface area contributed by atoms with Crippen molar-refractivity contribution >= 4 is 5.78 Å². The Morgan fingerprint density at radius 3 is 2.40 bits per heavy atom. The molecule has 0 N–H and O–H groups in total. The maximum atomic E-state index is 11.3. The van der Waals surface area contributed by atoms with Crippen molar-refractivity contribution in [1.82, 2.24) is 0 Å². The molecular formula is C14H22O. The quantitative estimate of drug-likeness (QED) is 0.684. The first-order chi connectivity index (χ1) is 7.04. The SMILES string of the molecule is CC(=O)[C@@H](C)[C@@H](C)[C@@H](C)C1=CCCC=C1. The van der Waals surface area contributed by atoms with Gasteiger partial charge in [0.05, 0.1) is 0 Å². The molecule has 1 aliphatic rings. The molecule has 0 radical (unpaired) electrons. The van der Waals surface area contributed by atoms with Gasteiger partial charge in [-0.2, -0.15) is 0 Å². The van der Waals surface area contributed by atoms with E-state index in [2.05, 4.69) is 32.1 Å². The van der Waals surface area contributed by atoms with Crippen LogP contribution >= 0.6 is 0 Å². The van der Waals surface area contributed by atoms with E-state index in [9.17, 15) is 4.79 Å². The highest BCUT2D eigenvalue weighted by Gasteiger charge is 2.24. The van der Waals surface area contributed by atoms with E-state index in [1.807, 2.05) is 6.92 Å². The monoisotopic (exact) mass is 206 g/mol. The Morgan fingerprint density at radius 1 is 1.27 bits per heavy atom. The average molecular weight is 206 g/mol. The van der Waals surface area contributed by atoms with Crippen LogP contribution in [0.3, 0.4) is 0 Å². The van der Waals surface area contributed by atoms with Crippen LogP contribution in [0.1, 0.15) is 40.5 Å². The molecule has 84 valence electrons. The minimum atomic E-state index is 0.163. The molecule has 1 nitrogen and oxygen atoms in total. The standard InChI is InChI=1S/C14H22O/c1-10(11(2)13(4)15)12(3)14-8-6-5-7-9-14/h6,8-12H,5,7H2,1-4H3/t10-,11+,12-/m1/s1. The molecular weight excluding hydrogens is 184 g/mol. The van der Waals surface area contributed by atoms with Gasteiger partial charge in [-0.1, -0.05) is 39.0 Å². The average Bonchev–Trinajstić information content (AvgIpc) is 2.27. The van der Waals surface area contributed by atoms with Crippen LogP contribution in [0.25, 0.3) is 0 Å². The van der Waals surface area contributed by atoms with Gasteiger partial charge in [-0.25, -0.2) is 0 Å². The van der Waals surface area contributed by atoms with E-state index in [4.69, 9.17) is 0 Å². The van der Waals surface area contributed by atoms with Gasteiger partial charge in [0.15, 0.2) is 0 Å². The predicted octanol–water partition coefficient (Wildman–Crippen LogP) is 3.76. The third kappa shape index (κ3) is 3.05. The second kappa shape index (κ2) is 5.29. The summed E-state index contributed by atoms with van der Waals surface area (Å²) in [6.07, 6.45) is 9.08. The zero-order valence-corrected chi connectivity index (χ0v) is 10.3. The van der Waals surface area contributed by atoms with Crippen molar-refractivity contribution < 1.29 is 4.79 Å². The summed E-state index contributed by atoms with van der Waals surface area (Å²) in [6, 6.07) is 0. The number of Topliss-reactive ketones (excluding diaryl/α,β-unsaturated/α-hetero) is 1. The van der Waals surface area contributed by atoms with Crippen molar-refractivity contribution in [3.63, 3.8) is 0 Å². The van der Waals surface area contributed by atoms with Crippen LogP contribution in [0, 0.1) is 17.8 Å². The van der Waals surface area contributed by atoms with Crippen LogP contribution in [-0.2, 0) is 4.79 Å². The Balaban J connectivity index is 2.67. The van der Waals surface area contributed by atoms with Gasteiger partial charge in [0.1, 0.15) is 5.78 Å². The van der Waals surface area contributed by atoms with E-state index >= 15 is 0 Å². The highest BCUT2D eigenvalue weighted by molar-refractivity contribution is 5.78. The minimum absolute atomic E-state index is 0.163. The normalized spacial score (nSPS) is 21.7. The van der Waals surface area contributed by atoms with E-state index in [-0.39, 0.29) is 5.92 Å². The second-order valence-electron chi connectivity index (χ2n) is 4.73. The molecule has 0 unspecified atom stereocenters. The fraction of sp³-hybridized carbons (Fsp3) is 0.643. The van der Waals surface area contributed by atoms with Gasteiger partial charge >= 0.3 is 0 Å². The topological polar surface area (TPSA) is 17.1 Å². The first kappa shape index (κ1) is 12.2. The number of ketones is 1. The van der Waals surface area contributed by atoms with Crippen molar-refractivity contribution in [3.8, 4) is 0 Å². The third-order valence-electron chi connectivity index (χ3n) is 3.77. The van der Waals surface area contributed by atoms with Gasteiger partial charge in [-0.15, -0.1) is 0 Å². The largest absolute Gasteiger partial charge is 0.300 e. The summed E-state index contributed by atoms with van der Waals surface area (Å²) in [7, 11) is 0. The Hall–Kier alpha value is -0.850. The summed E-state index contributed by atoms with van der Waals surface area (Å²) >= 11 is 0. The molecule has 0 spiro atoms. The number of allylic oxidation sites excluding steroid dienone is 4. The van der Waals surface area contributed by atoms with E-state index in [0.29, 0.717) is 17.6 Å². The van der Waals surface area contributed by atoms with Gasteiger partial charge in [0, 0.05) is 5.92 Å². The molecule has 0 heterocycles. The van der Waals surface area contributed by atoms with Crippen LogP contribution in [0.2, 0.25) is 0 Å². The first-order valence-electron chi connectivity index (χ1n) is 5.91. The van der Waals surface area contributed by atoms with Gasteiger partial charge in [0.25, 0.3) is 0 Å². The fourth-order valence-corrected chi connectivity index (χ4v) is 2.08. The van der Waals surface area contributed by atoms with Gasteiger partial charge in [-0.05, 0) is 37.2 Å². The first-order valence-corrected chi connectivity index (χ1v) is 5.91. The Kier molecular flexibility index (Phi) is 4.31. The molecule has 0 aromatic rings. The molecule has 0 aliphatic heterocycles. The maximum Gasteiger partial charge on any atom is 0.132 e. The molecule has 0 bridgehead atoms. The van der Waals surface area contributed by atoms with Crippen molar-refractivity contribution in [3.05, 3.63) is 23.8 Å². The number of carbonyl (C=O) groups excluding carboxylic acids is 1. The van der Waals surface area contributed by atoms with Crippen LogP contribution < -0.4 is 0 Å². The van der Waals surface area contributed by atoms with Gasteiger partial charge in [-0.3, -0.25) is 4.79 Å². The van der Waals surface area contributed by atoms with E-state index in [0.717, 1.165) is 12.8 Å². The smallest absolute Gasteiger partial charge is 0.132 e. The summed E-state index contributed by atoms with van der Waals surface area (Å²) < 4.78 is 0. The molecule has 3 atom stereocenters. The highest BCUT2D eigenvalue weighted by atomic mass is 16.1. The zero-order valence-electron chi connectivity index (χ0n) is 10.3. The molecule has 0 aromatic carbocycles. The van der Waals surface area contributed by atoms with Crippen molar-refractivity contribution in [2.24, 2.45) is 17.8 Å². The van der Waals surface area contributed by atoms with E-state index < -0.39 is 0 Å².